The Kier molecular flexibility index (Phi) is 7.30. The average molecular weight is 275 g/mol. The second-order valence-electron chi connectivity index (χ2n) is 5.07. The van der Waals surface area contributed by atoms with Gasteiger partial charge in [0.2, 0.25) is 0 Å². The van der Waals surface area contributed by atoms with Crippen molar-refractivity contribution < 1.29 is 24.1 Å². The molecule has 0 bridgehead atoms. The molecule has 6 nitrogen and oxygen atoms in total. The minimum atomic E-state index is -0.988. The van der Waals surface area contributed by atoms with Crippen molar-refractivity contribution in [3.8, 4) is 0 Å². The number of methoxy groups -OCH3 is 1. The minimum absolute atomic E-state index is 0.177. The first-order valence-electron chi connectivity index (χ1n) is 6.74. The Labute approximate surface area is 114 Å². The predicted octanol–water partition coefficient (Wildman–Crippen LogP) is 0.651. The second kappa shape index (κ2) is 8.47. The highest BCUT2D eigenvalue weighted by Crippen LogP contribution is 2.22. The Bertz CT molecular complexity index is 270. The fourth-order valence-corrected chi connectivity index (χ4v) is 1.63. The van der Waals surface area contributed by atoms with Crippen LogP contribution in [-0.2, 0) is 19.0 Å². The summed E-state index contributed by atoms with van der Waals surface area (Å²) in [5.41, 5.74) is -0.988. The first kappa shape index (κ1) is 16.4. The normalized spacial score (nSPS) is 18.2. The van der Waals surface area contributed by atoms with Gasteiger partial charge in [-0.3, -0.25) is 10.1 Å². The van der Waals surface area contributed by atoms with Crippen molar-refractivity contribution in [3.63, 3.8) is 0 Å². The molecule has 0 heterocycles. The van der Waals surface area contributed by atoms with Gasteiger partial charge >= 0.3 is 5.97 Å². The molecule has 1 fully saturated rings. The van der Waals surface area contributed by atoms with E-state index in [0.29, 0.717) is 32.5 Å². The van der Waals surface area contributed by atoms with Gasteiger partial charge in [-0.2, -0.15) is 0 Å². The summed E-state index contributed by atoms with van der Waals surface area (Å²) < 4.78 is 15.6. The van der Waals surface area contributed by atoms with Gasteiger partial charge < -0.3 is 19.3 Å². The number of hydrogen-bond donors (Lipinski definition) is 2. The quantitative estimate of drug-likeness (QED) is 0.509. The van der Waals surface area contributed by atoms with E-state index in [1.807, 2.05) is 0 Å². The lowest BCUT2D eigenvalue weighted by Crippen LogP contribution is -2.54. The summed E-state index contributed by atoms with van der Waals surface area (Å²) in [6, 6.07) is 0.335. The molecular formula is C13H25NO5. The third-order valence-electron chi connectivity index (χ3n) is 2.97. The molecule has 0 aromatic heterocycles. The molecular weight excluding hydrogens is 250 g/mol. The van der Waals surface area contributed by atoms with Crippen LogP contribution in [-0.4, -0.2) is 62.8 Å². The molecule has 0 aliphatic heterocycles. The molecule has 112 valence electrons. The van der Waals surface area contributed by atoms with Gasteiger partial charge in [-0.1, -0.05) is 0 Å². The van der Waals surface area contributed by atoms with Crippen LogP contribution < -0.4 is 5.32 Å². The van der Waals surface area contributed by atoms with Crippen LogP contribution in [0, 0.1) is 0 Å². The number of rotatable bonds is 12. The van der Waals surface area contributed by atoms with Crippen molar-refractivity contribution in [1.82, 2.24) is 5.32 Å². The van der Waals surface area contributed by atoms with Crippen molar-refractivity contribution in [3.05, 3.63) is 0 Å². The number of carboxylic acids is 1. The van der Waals surface area contributed by atoms with Crippen molar-refractivity contribution in [2.45, 2.75) is 37.8 Å². The van der Waals surface area contributed by atoms with E-state index >= 15 is 0 Å². The Morgan fingerprint density at radius 2 is 1.95 bits per heavy atom. The summed E-state index contributed by atoms with van der Waals surface area (Å²) in [4.78, 5) is 11.2. The van der Waals surface area contributed by atoms with Crippen molar-refractivity contribution in [2.75, 3.05) is 40.1 Å². The molecule has 1 unspecified atom stereocenters. The topological polar surface area (TPSA) is 77.0 Å². The Morgan fingerprint density at radius 1 is 1.26 bits per heavy atom. The van der Waals surface area contributed by atoms with Crippen molar-refractivity contribution >= 4 is 5.97 Å². The van der Waals surface area contributed by atoms with Gasteiger partial charge in [0.15, 0.2) is 0 Å². The van der Waals surface area contributed by atoms with E-state index in [-0.39, 0.29) is 6.61 Å². The lowest BCUT2D eigenvalue weighted by atomic mass is 10.0. The molecule has 1 rings (SSSR count). The maximum absolute atomic E-state index is 11.2. The van der Waals surface area contributed by atoms with Gasteiger partial charge in [0.25, 0.3) is 0 Å². The fraction of sp³-hybridized carbons (Fsp3) is 0.923. The number of ether oxygens (including phenoxy) is 3. The lowest BCUT2D eigenvalue weighted by molar-refractivity contribution is -0.147. The molecule has 0 radical (unpaired) electrons. The summed E-state index contributed by atoms with van der Waals surface area (Å²) in [5.74, 6) is -0.865. The van der Waals surface area contributed by atoms with E-state index in [1.165, 1.54) is 0 Å². The largest absolute Gasteiger partial charge is 0.480 e. The Balaban J connectivity index is 2.06. The first-order chi connectivity index (χ1) is 9.08. The van der Waals surface area contributed by atoms with Gasteiger partial charge in [-0.25, -0.2) is 0 Å². The number of carboxylic acid groups (broad SMARTS) is 1. The Hall–Kier alpha value is -0.690. The van der Waals surface area contributed by atoms with Crippen LogP contribution in [0.1, 0.15) is 26.2 Å². The summed E-state index contributed by atoms with van der Waals surface area (Å²) in [5, 5.41) is 12.3. The number of aliphatic carboxylic acids is 1. The highest BCUT2D eigenvalue weighted by Gasteiger charge is 2.38. The minimum Gasteiger partial charge on any atom is -0.480 e. The van der Waals surface area contributed by atoms with E-state index in [0.717, 1.165) is 19.3 Å². The van der Waals surface area contributed by atoms with Crippen molar-refractivity contribution in [2.24, 2.45) is 0 Å². The molecule has 2 N–H and O–H groups in total. The van der Waals surface area contributed by atoms with Gasteiger partial charge in [-0.15, -0.1) is 0 Å². The molecule has 1 aliphatic carbocycles. The SMILES string of the molecule is COCCOCCCOCC(C)(NC1CC1)C(=O)O. The van der Waals surface area contributed by atoms with Crippen molar-refractivity contribution in [1.29, 1.82) is 0 Å². The average Bonchev–Trinajstić information content (AvgIpc) is 3.16. The molecule has 6 heteroatoms. The predicted molar refractivity (Wildman–Crippen MR) is 70.3 cm³/mol. The maximum atomic E-state index is 11.2. The van der Waals surface area contributed by atoms with E-state index in [4.69, 9.17) is 14.2 Å². The smallest absolute Gasteiger partial charge is 0.326 e. The zero-order chi connectivity index (χ0) is 14.1. The van der Waals surface area contributed by atoms with E-state index < -0.39 is 11.5 Å². The molecule has 1 aliphatic rings. The molecule has 0 saturated heterocycles. The zero-order valence-corrected chi connectivity index (χ0v) is 11.8. The van der Waals surface area contributed by atoms with Crippen LogP contribution in [0.15, 0.2) is 0 Å². The van der Waals surface area contributed by atoms with Crippen LogP contribution in [0.5, 0.6) is 0 Å². The van der Waals surface area contributed by atoms with E-state index in [9.17, 15) is 9.90 Å². The first-order valence-corrected chi connectivity index (χ1v) is 6.74. The van der Waals surface area contributed by atoms with Gasteiger partial charge in [0.05, 0.1) is 19.8 Å². The molecule has 0 amide bonds. The third-order valence-corrected chi connectivity index (χ3v) is 2.97. The second-order valence-corrected chi connectivity index (χ2v) is 5.07. The summed E-state index contributed by atoms with van der Waals surface area (Å²) in [6.07, 6.45) is 2.86. The van der Waals surface area contributed by atoms with Gasteiger partial charge in [-0.05, 0) is 26.2 Å². The molecule has 1 atom stereocenters. The number of hydrogen-bond acceptors (Lipinski definition) is 5. The van der Waals surface area contributed by atoms with Crippen LogP contribution in [0.4, 0.5) is 0 Å². The van der Waals surface area contributed by atoms with Gasteiger partial charge in [0, 0.05) is 26.4 Å². The molecule has 1 saturated carbocycles. The molecule has 0 aromatic carbocycles. The van der Waals surface area contributed by atoms with Gasteiger partial charge in [0.1, 0.15) is 5.54 Å². The summed E-state index contributed by atoms with van der Waals surface area (Å²) >= 11 is 0. The van der Waals surface area contributed by atoms with E-state index in [2.05, 4.69) is 5.32 Å². The van der Waals surface area contributed by atoms with Crippen LogP contribution in [0.2, 0.25) is 0 Å². The van der Waals surface area contributed by atoms with E-state index in [1.54, 1.807) is 14.0 Å². The fourth-order valence-electron chi connectivity index (χ4n) is 1.63. The lowest BCUT2D eigenvalue weighted by Gasteiger charge is -2.26. The molecule has 0 spiro atoms. The molecule has 0 aromatic rings. The van der Waals surface area contributed by atoms with Crippen LogP contribution in [0.3, 0.4) is 0 Å². The standard InChI is InChI=1S/C13H25NO5/c1-13(12(15)16,14-11-4-5-11)10-19-7-3-6-18-9-8-17-2/h11,14H,3-10H2,1-2H3,(H,15,16). The zero-order valence-electron chi connectivity index (χ0n) is 11.8. The third kappa shape index (κ3) is 6.87. The number of nitrogens with one attached hydrogen (secondary N) is 1. The highest BCUT2D eigenvalue weighted by atomic mass is 16.5. The monoisotopic (exact) mass is 275 g/mol. The molecule has 19 heavy (non-hydrogen) atoms. The Morgan fingerprint density at radius 3 is 2.53 bits per heavy atom. The summed E-state index contributed by atoms with van der Waals surface area (Å²) in [6.45, 7) is 4.11. The van der Waals surface area contributed by atoms with Crippen LogP contribution in [0.25, 0.3) is 0 Å². The maximum Gasteiger partial charge on any atom is 0.326 e. The van der Waals surface area contributed by atoms with Crippen LogP contribution >= 0.6 is 0 Å². The highest BCUT2D eigenvalue weighted by molar-refractivity contribution is 5.78. The number of carbonyl (C=O) groups is 1. The summed E-state index contributed by atoms with van der Waals surface area (Å²) in [7, 11) is 1.63.